The van der Waals surface area contributed by atoms with Crippen molar-refractivity contribution in [3.05, 3.63) is 47.7 Å². The maximum Gasteiger partial charge on any atom is 0.143 e. The lowest BCUT2D eigenvalue weighted by Crippen LogP contribution is -2.11. The molecule has 0 radical (unpaired) electrons. The summed E-state index contributed by atoms with van der Waals surface area (Å²) in [6, 6.07) is 9.70. The largest absolute Gasteiger partial charge is 0.342 e. The number of nitrogens with one attached hydrogen (secondary N) is 2. The predicted molar refractivity (Wildman–Crippen MR) is 73.5 cm³/mol. The van der Waals surface area contributed by atoms with Crippen LogP contribution in [0.3, 0.4) is 0 Å². The van der Waals surface area contributed by atoms with Gasteiger partial charge in [-0.25, -0.2) is 20.8 Å². The van der Waals surface area contributed by atoms with E-state index in [0.717, 1.165) is 22.6 Å². The smallest absolute Gasteiger partial charge is 0.143 e. The average Bonchev–Trinajstić information content (AvgIpc) is 2.80. The molecule has 6 heteroatoms. The van der Waals surface area contributed by atoms with Crippen molar-refractivity contribution >= 4 is 16.9 Å². The van der Waals surface area contributed by atoms with Crippen molar-refractivity contribution in [2.24, 2.45) is 5.84 Å². The van der Waals surface area contributed by atoms with Gasteiger partial charge < -0.3 is 10.4 Å². The summed E-state index contributed by atoms with van der Waals surface area (Å²) in [5, 5.41) is 0. The van der Waals surface area contributed by atoms with E-state index in [1.807, 2.05) is 31.2 Å². The van der Waals surface area contributed by atoms with Crippen LogP contribution in [0.2, 0.25) is 0 Å². The molecule has 2 aromatic heterocycles. The van der Waals surface area contributed by atoms with Crippen molar-refractivity contribution in [2.75, 3.05) is 5.43 Å². The van der Waals surface area contributed by atoms with Crippen molar-refractivity contribution in [3.8, 4) is 0 Å². The molecule has 3 rings (SSSR count). The molecule has 6 nitrogen and oxygen atoms in total. The first-order valence-corrected chi connectivity index (χ1v) is 5.99. The summed E-state index contributed by atoms with van der Waals surface area (Å²) < 4.78 is 0. The van der Waals surface area contributed by atoms with Crippen molar-refractivity contribution in [3.63, 3.8) is 0 Å². The Morgan fingerprint density at radius 2 is 2.05 bits per heavy atom. The molecule has 1 aromatic carbocycles. The second-order valence-corrected chi connectivity index (χ2v) is 4.33. The Morgan fingerprint density at radius 1 is 1.21 bits per heavy atom. The van der Waals surface area contributed by atoms with Gasteiger partial charge in [0.2, 0.25) is 0 Å². The standard InChI is InChI=1S/C13H14N6/c1-8-6-13(19-14)18-11(15-8)7-12-16-9-4-2-3-5-10(9)17-12/h2-6H,7,14H2,1H3,(H,16,17)(H,15,18,19). The van der Waals surface area contributed by atoms with Crippen molar-refractivity contribution in [1.82, 2.24) is 19.9 Å². The van der Waals surface area contributed by atoms with E-state index in [1.54, 1.807) is 6.07 Å². The van der Waals surface area contributed by atoms with Crippen LogP contribution in [0.4, 0.5) is 5.82 Å². The second-order valence-electron chi connectivity index (χ2n) is 4.33. The highest BCUT2D eigenvalue weighted by molar-refractivity contribution is 5.74. The van der Waals surface area contributed by atoms with Crippen LogP contribution in [0.5, 0.6) is 0 Å². The van der Waals surface area contributed by atoms with Crippen LogP contribution in [0.25, 0.3) is 11.0 Å². The van der Waals surface area contributed by atoms with Gasteiger partial charge in [-0.05, 0) is 19.1 Å². The van der Waals surface area contributed by atoms with Gasteiger partial charge in [0.15, 0.2) is 0 Å². The molecule has 0 unspecified atom stereocenters. The van der Waals surface area contributed by atoms with Crippen LogP contribution < -0.4 is 11.3 Å². The summed E-state index contributed by atoms with van der Waals surface area (Å²) in [6.45, 7) is 1.91. The molecular formula is C13H14N6. The number of nitrogen functional groups attached to an aromatic ring is 1. The maximum atomic E-state index is 5.38. The summed E-state index contributed by atoms with van der Waals surface area (Å²) in [5.41, 5.74) is 5.37. The van der Waals surface area contributed by atoms with Crippen molar-refractivity contribution in [1.29, 1.82) is 0 Å². The third-order valence-corrected chi connectivity index (χ3v) is 2.81. The quantitative estimate of drug-likeness (QED) is 0.487. The highest BCUT2D eigenvalue weighted by Gasteiger charge is 2.07. The molecule has 0 amide bonds. The van der Waals surface area contributed by atoms with Gasteiger partial charge in [-0.1, -0.05) is 12.1 Å². The number of nitrogens with zero attached hydrogens (tertiary/aromatic N) is 3. The van der Waals surface area contributed by atoms with Crippen LogP contribution in [0.1, 0.15) is 17.3 Å². The summed E-state index contributed by atoms with van der Waals surface area (Å²) in [4.78, 5) is 16.5. The highest BCUT2D eigenvalue weighted by atomic mass is 15.3. The van der Waals surface area contributed by atoms with E-state index in [2.05, 4.69) is 25.4 Å². The molecule has 0 fully saturated rings. The van der Waals surface area contributed by atoms with Gasteiger partial charge in [0.25, 0.3) is 0 Å². The number of rotatable bonds is 3. The number of benzene rings is 1. The number of hydrogen-bond donors (Lipinski definition) is 3. The molecule has 0 saturated carbocycles. The number of hydrogen-bond acceptors (Lipinski definition) is 5. The fourth-order valence-corrected chi connectivity index (χ4v) is 2.02. The molecule has 4 N–H and O–H groups in total. The maximum absolute atomic E-state index is 5.38. The molecule has 0 spiro atoms. The number of para-hydroxylation sites is 2. The number of fused-ring (bicyclic) bond motifs is 1. The summed E-state index contributed by atoms with van der Waals surface area (Å²) in [5.74, 6) is 7.52. The number of H-pyrrole nitrogens is 1. The third-order valence-electron chi connectivity index (χ3n) is 2.81. The molecule has 0 atom stereocenters. The first kappa shape index (κ1) is 11.6. The Labute approximate surface area is 110 Å². The molecule has 0 aliphatic carbocycles. The number of hydrazine groups is 1. The minimum Gasteiger partial charge on any atom is -0.342 e. The van der Waals surface area contributed by atoms with E-state index in [4.69, 9.17) is 5.84 Å². The zero-order valence-corrected chi connectivity index (χ0v) is 10.5. The van der Waals surface area contributed by atoms with Gasteiger partial charge in [-0.3, -0.25) is 0 Å². The summed E-state index contributed by atoms with van der Waals surface area (Å²) in [7, 11) is 0. The molecule has 0 saturated heterocycles. The predicted octanol–water partition coefficient (Wildman–Crippen LogP) is 1.54. The number of anilines is 1. The Morgan fingerprint density at radius 3 is 2.84 bits per heavy atom. The number of aromatic nitrogens is 4. The van der Waals surface area contributed by atoms with Crippen LogP contribution >= 0.6 is 0 Å². The number of nitrogens with two attached hydrogens (primary N) is 1. The Bertz CT molecular complexity index is 685. The van der Waals surface area contributed by atoms with Gasteiger partial charge in [0, 0.05) is 11.8 Å². The monoisotopic (exact) mass is 254 g/mol. The average molecular weight is 254 g/mol. The summed E-state index contributed by atoms with van der Waals surface area (Å²) in [6.07, 6.45) is 0.547. The minimum atomic E-state index is 0.547. The van der Waals surface area contributed by atoms with Crippen LogP contribution in [0.15, 0.2) is 30.3 Å². The molecule has 0 aliphatic rings. The number of aromatic amines is 1. The van der Waals surface area contributed by atoms with Crippen LogP contribution in [-0.2, 0) is 6.42 Å². The van der Waals surface area contributed by atoms with E-state index >= 15 is 0 Å². The van der Waals surface area contributed by atoms with Gasteiger partial charge >= 0.3 is 0 Å². The molecule has 96 valence electrons. The molecule has 0 bridgehead atoms. The molecule has 2 heterocycles. The highest BCUT2D eigenvalue weighted by Crippen LogP contribution is 2.13. The van der Waals surface area contributed by atoms with Gasteiger partial charge in [0.1, 0.15) is 17.5 Å². The van der Waals surface area contributed by atoms with Crippen LogP contribution in [-0.4, -0.2) is 19.9 Å². The van der Waals surface area contributed by atoms with E-state index in [9.17, 15) is 0 Å². The van der Waals surface area contributed by atoms with Crippen LogP contribution in [0, 0.1) is 6.92 Å². The Hall–Kier alpha value is -2.47. The fraction of sp³-hybridized carbons (Fsp3) is 0.154. The summed E-state index contributed by atoms with van der Waals surface area (Å²) >= 11 is 0. The minimum absolute atomic E-state index is 0.547. The first-order chi connectivity index (χ1) is 9.24. The molecular weight excluding hydrogens is 240 g/mol. The fourth-order valence-electron chi connectivity index (χ4n) is 2.02. The lowest BCUT2D eigenvalue weighted by Gasteiger charge is -2.03. The third kappa shape index (κ3) is 2.38. The number of aryl methyl sites for hydroxylation is 1. The molecule has 3 aromatic rings. The zero-order valence-electron chi connectivity index (χ0n) is 10.5. The van der Waals surface area contributed by atoms with E-state index in [0.29, 0.717) is 18.1 Å². The second kappa shape index (κ2) is 4.66. The lowest BCUT2D eigenvalue weighted by atomic mass is 10.3. The topological polar surface area (TPSA) is 92.5 Å². The van der Waals surface area contributed by atoms with E-state index < -0.39 is 0 Å². The Balaban J connectivity index is 1.94. The van der Waals surface area contributed by atoms with Gasteiger partial charge in [0.05, 0.1) is 17.5 Å². The lowest BCUT2D eigenvalue weighted by molar-refractivity contribution is 0.900. The molecule has 0 aliphatic heterocycles. The van der Waals surface area contributed by atoms with E-state index in [-0.39, 0.29) is 0 Å². The zero-order chi connectivity index (χ0) is 13.2. The SMILES string of the molecule is Cc1cc(NN)nc(Cc2nc3ccccc3[nH]2)n1. The normalized spacial score (nSPS) is 10.8. The Kier molecular flexibility index (Phi) is 2.85. The van der Waals surface area contributed by atoms with Gasteiger partial charge in [-0.15, -0.1) is 0 Å². The molecule has 19 heavy (non-hydrogen) atoms. The first-order valence-electron chi connectivity index (χ1n) is 5.99. The van der Waals surface area contributed by atoms with Gasteiger partial charge in [-0.2, -0.15) is 0 Å². The van der Waals surface area contributed by atoms with Crippen molar-refractivity contribution < 1.29 is 0 Å². The number of imidazole rings is 1. The van der Waals surface area contributed by atoms with Crippen molar-refractivity contribution in [2.45, 2.75) is 13.3 Å². The van der Waals surface area contributed by atoms with E-state index in [1.165, 1.54) is 0 Å².